The van der Waals surface area contributed by atoms with Crippen molar-refractivity contribution in [2.24, 2.45) is 5.73 Å². The molecule has 9 heteroatoms. The SMILES string of the molecule is C[C@H](C(=O)Nc1sccc1C(N)=O)[NH+]1CCN(C(=O)c2ccco2)CC1. The third-order valence-corrected chi connectivity index (χ3v) is 5.43. The van der Waals surface area contributed by atoms with E-state index in [4.69, 9.17) is 10.2 Å². The van der Waals surface area contributed by atoms with Crippen LogP contribution in [0.15, 0.2) is 34.3 Å². The van der Waals surface area contributed by atoms with Crippen LogP contribution in [0.1, 0.15) is 27.8 Å². The number of quaternary nitrogens is 1. The molecule has 3 rings (SSSR count). The Bertz CT molecular complexity index is 794. The standard InChI is InChI=1S/C17H20N4O4S/c1-11(15(23)19-16-12(14(18)22)4-10-26-16)20-5-7-21(8-6-20)17(24)13-3-2-9-25-13/h2-4,9-11H,5-8H2,1H3,(H2,18,22)(H,19,23)/p+1/t11-/m1/s1. The van der Waals surface area contributed by atoms with E-state index in [1.54, 1.807) is 28.5 Å². The zero-order valence-electron chi connectivity index (χ0n) is 14.4. The number of primary amides is 1. The Morgan fingerprint density at radius 2 is 2.04 bits per heavy atom. The van der Waals surface area contributed by atoms with Crippen LogP contribution in [0.25, 0.3) is 0 Å². The van der Waals surface area contributed by atoms with Gasteiger partial charge in [0.2, 0.25) is 0 Å². The number of furan rings is 1. The number of carbonyl (C=O) groups excluding carboxylic acids is 3. The maximum absolute atomic E-state index is 12.5. The minimum Gasteiger partial charge on any atom is -0.459 e. The van der Waals surface area contributed by atoms with Crippen molar-refractivity contribution in [3.63, 3.8) is 0 Å². The van der Waals surface area contributed by atoms with Crippen molar-refractivity contribution in [2.75, 3.05) is 31.5 Å². The molecule has 2 aromatic rings. The third-order valence-electron chi connectivity index (χ3n) is 4.60. The van der Waals surface area contributed by atoms with Crippen molar-refractivity contribution in [3.8, 4) is 0 Å². The monoisotopic (exact) mass is 377 g/mol. The van der Waals surface area contributed by atoms with Gasteiger partial charge in [-0.3, -0.25) is 14.4 Å². The van der Waals surface area contributed by atoms with Gasteiger partial charge in [0, 0.05) is 0 Å². The van der Waals surface area contributed by atoms with Gasteiger partial charge in [0.15, 0.2) is 11.8 Å². The summed E-state index contributed by atoms with van der Waals surface area (Å²) in [5, 5.41) is 4.97. The second kappa shape index (κ2) is 7.71. The molecule has 1 fully saturated rings. The molecule has 0 unspecified atom stereocenters. The maximum Gasteiger partial charge on any atom is 0.289 e. The number of carbonyl (C=O) groups is 3. The lowest BCUT2D eigenvalue weighted by molar-refractivity contribution is -0.917. The number of rotatable bonds is 5. The Kier molecular flexibility index (Phi) is 5.38. The summed E-state index contributed by atoms with van der Waals surface area (Å²) in [6.45, 7) is 4.27. The lowest BCUT2D eigenvalue weighted by Crippen LogP contribution is -3.19. The van der Waals surface area contributed by atoms with Crippen molar-refractivity contribution in [1.82, 2.24) is 4.90 Å². The lowest BCUT2D eigenvalue weighted by atomic mass is 10.2. The summed E-state index contributed by atoms with van der Waals surface area (Å²) in [5.74, 6) is -0.533. The van der Waals surface area contributed by atoms with Crippen LogP contribution in [0.2, 0.25) is 0 Å². The highest BCUT2D eigenvalue weighted by molar-refractivity contribution is 7.14. The molecule has 8 nitrogen and oxygen atoms in total. The fraction of sp³-hybridized carbons (Fsp3) is 0.353. The average molecular weight is 377 g/mol. The van der Waals surface area contributed by atoms with Crippen molar-refractivity contribution in [2.45, 2.75) is 13.0 Å². The van der Waals surface area contributed by atoms with Crippen LogP contribution in [0.3, 0.4) is 0 Å². The van der Waals surface area contributed by atoms with E-state index >= 15 is 0 Å². The van der Waals surface area contributed by atoms with Crippen LogP contribution in [0, 0.1) is 0 Å². The zero-order chi connectivity index (χ0) is 18.7. The van der Waals surface area contributed by atoms with Crippen molar-refractivity contribution in [3.05, 3.63) is 41.2 Å². The predicted molar refractivity (Wildman–Crippen MR) is 96.2 cm³/mol. The van der Waals surface area contributed by atoms with E-state index in [0.717, 1.165) is 4.90 Å². The molecule has 1 aliphatic heterocycles. The number of thiophene rings is 1. The average Bonchev–Trinajstić information content (AvgIpc) is 3.32. The van der Waals surface area contributed by atoms with Gasteiger partial charge in [-0.2, -0.15) is 0 Å². The first-order valence-electron chi connectivity index (χ1n) is 8.33. The van der Waals surface area contributed by atoms with Gasteiger partial charge in [0.05, 0.1) is 38.0 Å². The van der Waals surface area contributed by atoms with Crippen LogP contribution in [0.4, 0.5) is 5.00 Å². The predicted octanol–water partition coefficient (Wildman–Crippen LogP) is -0.192. The molecule has 26 heavy (non-hydrogen) atoms. The van der Waals surface area contributed by atoms with Gasteiger partial charge in [0.1, 0.15) is 5.00 Å². The molecule has 3 amide bonds. The number of hydrogen-bond acceptors (Lipinski definition) is 5. The second-order valence-corrected chi connectivity index (χ2v) is 7.08. The molecule has 1 aliphatic rings. The van der Waals surface area contributed by atoms with Crippen molar-refractivity contribution in [1.29, 1.82) is 0 Å². The molecule has 3 heterocycles. The third kappa shape index (κ3) is 3.78. The summed E-state index contributed by atoms with van der Waals surface area (Å²) in [6.07, 6.45) is 1.48. The Morgan fingerprint density at radius 1 is 1.31 bits per heavy atom. The summed E-state index contributed by atoms with van der Waals surface area (Å²) in [6, 6.07) is 4.62. The van der Waals surface area contributed by atoms with E-state index in [9.17, 15) is 14.4 Å². The van der Waals surface area contributed by atoms with Crippen LogP contribution in [0.5, 0.6) is 0 Å². The highest BCUT2D eigenvalue weighted by Gasteiger charge is 2.32. The van der Waals surface area contributed by atoms with Gasteiger partial charge < -0.3 is 25.3 Å². The fourth-order valence-corrected chi connectivity index (χ4v) is 3.79. The molecule has 2 aromatic heterocycles. The minimum atomic E-state index is -0.563. The first-order chi connectivity index (χ1) is 12.5. The van der Waals surface area contributed by atoms with E-state index in [0.29, 0.717) is 42.5 Å². The van der Waals surface area contributed by atoms with Crippen LogP contribution in [-0.4, -0.2) is 54.8 Å². The zero-order valence-corrected chi connectivity index (χ0v) is 15.2. The summed E-state index contributed by atoms with van der Waals surface area (Å²) in [5.41, 5.74) is 5.62. The van der Waals surface area contributed by atoms with Crippen molar-refractivity contribution < 1.29 is 23.7 Å². The largest absolute Gasteiger partial charge is 0.459 e. The van der Waals surface area contributed by atoms with E-state index in [1.807, 2.05) is 6.92 Å². The summed E-state index contributed by atoms with van der Waals surface area (Å²) in [4.78, 5) is 39.0. The Labute approximate surface area is 154 Å². The normalized spacial score (nSPS) is 16.3. The number of piperazine rings is 1. The van der Waals surface area contributed by atoms with Gasteiger partial charge in [-0.15, -0.1) is 11.3 Å². The topological polar surface area (TPSA) is 110 Å². The molecular weight excluding hydrogens is 356 g/mol. The molecule has 1 saturated heterocycles. The quantitative estimate of drug-likeness (QED) is 0.671. The highest BCUT2D eigenvalue weighted by atomic mass is 32.1. The Morgan fingerprint density at radius 3 is 2.65 bits per heavy atom. The van der Waals surface area contributed by atoms with Gasteiger partial charge in [-0.05, 0) is 30.5 Å². The summed E-state index contributed by atoms with van der Waals surface area (Å²) < 4.78 is 5.15. The van der Waals surface area contributed by atoms with E-state index < -0.39 is 5.91 Å². The molecule has 138 valence electrons. The molecule has 0 radical (unpaired) electrons. The smallest absolute Gasteiger partial charge is 0.289 e. The van der Waals surface area contributed by atoms with Gasteiger partial charge in [0.25, 0.3) is 17.7 Å². The van der Waals surface area contributed by atoms with Crippen LogP contribution in [-0.2, 0) is 4.79 Å². The molecule has 0 bridgehead atoms. The first kappa shape index (κ1) is 18.2. The molecule has 0 spiro atoms. The molecule has 0 saturated carbocycles. The Balaban J connectivity index is 1.55. The molecular formula is C17H21N4O4S+. The highest BCUT2D eigenvalue weighted by Crippen LogP contribution is 2.22. The minimum absolute atomic E-state index is 0.129. The van der Waals surface area contributed by atoms with Crippen molar-refractivity contribution >= 4 is 34.1 Å². The van der Waals surface area contributed by atoms with Gasteiger partial charge in [-0.1, -0.05) is 0 Å². The van der Waals surface area contributed by atoms with Gasteiger partial charge >= 0.3 is 0 Å². The molecule has 0 aromatic carbocycles. The van der Waals surface area contributed by atoms with Gasteiger partial charge in [-0.25, -0.2) is 0 Å². The summed E-state index contributed by atoms with van der Waals surface area (Å²) in [7, 11) is 0. The fourth-order valence-electron chi connectivity index (χ4n) is 2.99. The number of anilines is 1. The lowest BCUT2D eigenvalue weighted by Gasteiger charge is -2.34. The number of amides is 3. The number of hydrogen-bond donors (Lipinski definition) is 3. The van der Waals surface area contributed by atoms with Crippen LogP contribution >= 0.6 is 11.3 Å². The molecule has 1 atom stereocenters. The van der Waals surface area contributed by atoms with E-state index in [1.165, 1.54) is 17.6 Å². The van der Waals surface area contributed by atoms with E-state index in [-0.39, 0.29) is 17.9 Å². The number of nitrogens with one attached hydrogen (secondary N) is 2. The molecule has 4 N–H and O–H groups in total. The molecule has 0 aliphatic carbocycles. The number of nitrogens with zero attached hydrogens (tertiary/aromatic N) is 1. The second-order valence-electron chi connectivity index (χ2n) is 6.17. The maximum atomic E-state index is 12.5. The summed E-state index contributed by atoms with van der Waals surface area (Å²) >= 11 is 1.27. The first-order valence-corrected chi connectivity index (χ1v) is 9.21. The van der Waals surface area contributed by atoms with E-state index in [2.05, 4.69) is 5.32 Å². The Hall–Kier alpha value is -2.65. The number of nitrogens with two attached hydrogens (primary N) is 1. The van der Waals surface area contributed by atoms with Crippen LogP contribution < -0.4 is 16.0 Å².